The van der Waals surface area contributed by atoms with E-state index in [1.165, 1.54) is 19.4 Å². The molecule has 1 N–H and O–H groups in total. The summed E-state index contributed by atoms with van der Waals surface area (Å²) in [7, 11) is 1.81. The van der Waals surface area contributed by atoms with Crippen molar-refractivity contribution in [3.8, 4) is 0 Å². The van der Waals surface area contributed by atoms with E-state index in [0.717, 1.165) is 19.6 Å². The third kappa shape index (κ3) is 4.33. The molecule has 3 nitrogen and oxygen atoms in total. The predicted molar refractivity (Wildman–Crippen MR) is 64.1 cm³/mol. The highest BCUT2D eigenvalue weighted by molar-refractivity contribution is 4.79. The fourth-order valence-corrected chi connectivity index (χ4v) is 2.08. The summed E-state index contributed by atoms with van der Waals surface area (Å²) in [5.74, 6) is 0. The van der Waals surface area contributed by atoms with Crippen molar-refractivity contribution in [2.45, 2.75) is 31.9 Å². The Kier molecular flexibility index (Phi) is 5.91. The van der Waals surface area contributed by atoms with E-state index >= 15 is 0 Å². The molecule has 0 aromatic carbocycles. The van der Waals surface area contributed by atoms with Crippen LogP contribution in [0.2, 0.25) is 0 Å². The van der Waals surface area contributed by atoms with Gasteiger partial charge in [0.2, 0.25) is 0 Å². The summed E-state index contributed by atoms with van der Waals surface area (Å²) in [5, 5.41) is 3.36. The SMILES string of the molecule is C=CCNCC(C)N1CCCC(OC)C1. The molecule has 3 heteroatoms. The average molecular weight is 212 g/mol. The van der Waals surface area contributed by atoms with Gasteiger partial charge in [-0.1, -0.05) is 6.08 Å². The number of piperidine rings is 1. The van der Waals surface area contributed by atoms with Crippen molar-refractivity contribution in [2.75, 3.05) is 33.3 Å². The highest BCUT2D eigenvalue weighted by Gasteiger charge is 2.22. The molecule has 15 heavy (non-hydrogen) atoms. The normalized spacial score (nSPS) is 25.1. The molecular formula is C12H24N2O. The first-order valence-electron chi connectivity index (χ1n) is 5.86. The summed E-state index contributed by atoms with van der Waals surface area (Å²) in [6.07, 6.45) is 4.80. The van der Waals surface area contributed by atoms with Crippen molar-refractivity contribution in [3.63, 3.8) is 0 Å². The number of hydrogen-bond donors (Lipinski definition) is 1. The third-order valence-corrected chi connectivity index (χ3v) is 3.09. The fraction of sp³-hybridized carbons (Fsp3) is 0.833. The highest BCUT2D eigenvalue weighted by atomic mass is 16.5. The molecule has 1 aliphatic heterocycles. The van der Waals surface area contributed by atoms with E-state index in [1.54, 1.807) is 0 Å². The number of hydrogen-bond acceptors (Lipinski definition) is 3. The molecule has 1 saturated heterocycles. The highest BCUT2D eigenvalue weighted by Crippen LogP contribution is 2.14. The van der Waals surface area contributed by atoms with Crippen LogP contribution in [0.1, 0.15) is 19.8 Å². The molecule has 0 aromatic rings. The number of nitrogens with one attached hydrogen (secondary N) is 1. The molecule has 1 rings (SSSR count). The third-order valence-electron chi connectivity index (χ3n) is 3.09. The summed E-state index contributed by atoms with van der Waals surface area (Å²) in [6.45, 7) is 10.2. The Hall–Kier alpha value is -0.380. The summed E-state index contributed by atoms with van der Waals surface area (Å²) in [6, 6.07) is 0.586. The maximum absolute atomic E-state index is 5.42. The molecule has 2 atom stereocenters. The summed E-state index contributed by atoms with van der Waals surface area (Å²) in [5.41, 5.74) is 0. The minimum absolute atomic E-state index is 0.431. The van der Waals surface area contributed by atoms with Gasteiger partial charge in [0.05, 0.1) is 6.10 Å². The van der Waals surface area contributed by atoms with Gasteiger partial charge in [-0.25, -0.2) is 0 Å². The Morgan fingerprint density at radius 1 is 1.67 bits per heavy atom. The Labute approximate surface area is 93.5 Å². The van der Waals surface area contributed by atoms with Crippen LogP contribution >= 0.6 is 0 Å². The van der Waals surface area contributed by atoms with E-state index in [9.17, 15) is 0 Å². The molecule has 0 amide bonds. The minimum Gasteiger partial charge on any atom is -0.380 e. The smallest absolute Gasteiger partial charge is 0.0698 e. The number of methoxy groups -OCH3 is 1. The van der Waals surface area contributed by atoms with Crippen molar-refractivity contribution in [1.82, 2.24) is 10.2 Å². The lowest BCUT2D eigenvalue weighted by atomic mass is 10.1. The molecule has 0 aromatic heterocycles. The molecule has 0 saturated carbocycles. The van der Waals surface area contributed by atoms with Crippen molar-refractivity contribution in [3.05, 3.63) is 12.7 Å². The molecule has 1 heterocycles. The van der Waals surface area contributed by atoms with Gasteiger partial charge in [-0.2, -0.15) is 0 Å². The predicted octanol–water partition coefficient (Wildman–Crippen LogP) is 1.26. The molecule has 2 unspecified atom stereocenters. The van der Waals surface area contributed by atoms with Gasteiger partial charge in [0.25, 0.3) is 0 Å². The van der Waals surface area contributed by atoms with Crippen molar-refractivity contribution < 1.29 is 4.74 Å². The monoisotopic (exact) mass is 212 g/mol. The topological polar surface area (TPSA) is 24.5 Å². The van der Waals surface area contributed by atoms with Crippen LogP contribution in [0, 0.1) is 0 Å². The molecular weight excluding hydrogens is 188 g/mol. The number of likely N-dealkylation sites (tertiary alicyclic amines) is 1. The maximum Gasteiger partial charge on any atom is 0.0698 e. The first-order valence-corrected chi connectivity index (χ1v) is 5.86. The molecule has 0 bridgehead atoms. The average Bonchev–Trinajstić information content (AvgIpc) is 2.29. The maximum atomic E-state index is 5.42. The number of rotatable bonds is 6. The van der Waals surface area contributed by atoms with E-state index in [1.807, 2.05) is 13.2 Å². The molecule has 1 fully saturated rings. The Morgan fingerprint density at radius 2 is 2.47 bits per heavy atom. The van der Waals surface area contributed by atoms with E-state index in [2.05, 4.69) is 23.7 Å². The second-order valence-corrected chi connectivity index (χ2v) is 4.29. The molecule has 88 valence electrons. The van der Waals surface area contributed by atoms with Crippen LogP contribution in [0.4, 0.5) is 0 Å². The lowest BCUT2D eigenvalue weighted by Gasteiger charge is -2.36. The lowest BCUT2D eigenvalue weighted by molar-refractivity contribution is 0.0177. The minimum atomic E-state index is 0.431. The van der Waals surface area contributed by atoms with Crippen molar-refractivity contribution >= 4 is 0 Å². The zero-order valence-electron chi connectivity index (χ0n) is 10.0. The van der Waals surface area contributed by atoms with E-state index in [4.69, 9.17) is 4.74 Å². The first-order chi connectivity index (χ1) is 7.27. The standard InChI is InChI=1S/C12H24N2O/c1-4-7-13-9-11(2)14-8-5-6-12(10-14)15-3/h4,11-13H,1,5-10H2,2-3H3. The van der Waals surface area contributed by atoms with E-state index in [0.29, 0.717) is 12.1 Å². The van der Waals surface area contributed by atoms with Gasteiger partial charge < -0.3 is 10.1 Å². The fourth-order valence-electron chi connectivity index (χ4n) is 2.08. The Morgan fingerprint density at radius 3 is 3.13 bits per heavy atom. The second kappa shape index (κ2) is 6.99. The first kappa shape index (κ1) is 12.7. The molecule has 0 aliphatic carbocycles. The number of nitrogens with zero attached hydrogens (tertiary/aromatic N) is 1. The lowest BCUT2D eigenvalue weighted by Crippen LogP contribution is -2.47. The second-order valence-electron chi connectivity index (χ2n) is 4.29. The van der Waals surface area contributed by atoms with Crippen LogP contribution in [0.15, 0.2) is 12.7 Å². The van der Waals surface area contributed by atoms with Gasteiger partial charge in [0, 0.05) is 32.8 Å². The van der Waals surface area contributed by atoms with Gasteiger partial charge in [-0.15, -0.1) is 6.58 Å². The number of ether oxygens (including phenoxy) is 1. The van der Waals surface area contributed by atoms with Crippen molar-refractivity contribution in [2.24, 2.45) is 0 Å². The van der Waals surface area contributed by atoms with Gasteiger partial charge in [0.1, 0.15) is 0 Å². The largest absolute Gasteiger partial charge is 0.380 e. The van der Waals surface area contributed by atoms with Gasteiger partial charge in [-0.3, -0.25) is 4.90 Å². The van der Waals surface area contributed by atoms with Crippen LogP contribution in [0.5, 0.6) is 0 Å². The Balaban J connectivity index is 2.25. The van der Waals surface area contributed by atoms with Crippen molar-refractivity contribution in [1.29, 1.82) is 0 Å². The van der Waals surface area contributed by atoms with Gasteiger partial charge in [-0.05, 0) is 26.3 Å². The quantitative estimate of drug-likeness (QED) is 0.530. The van der Waals surface area contributed by atoms with Crippen LogP contribution in [-0.4, -0.2) is 50.3 Å². The van der Waals surface area contributed by atoms with Crippen LogP contribution in [0.25, 0.3) is 0 Å². The van der Waals surface area contributed by atoms with Gasteiger partial charge in [0.15, 0.2) is 0 Å². The summed E-state index contributed by atoms with van der Waals surface area (Å²) < 4.78 is 5.42. The molecule has 0 spiro atoms. The summed E-state index contributed by atoms with van der Waals surface area (Å²) in [4.78, 5) is 2.51. The summed E-state index contributed by atoms with van der Waals surface area (Å²) >= 11 is 0. The van der Waals surface area contributed by atoms with E-state index in [-0.39, 0.29) is 0 Å². The molecule has 1 aliphatic rings. The van der Waals surface area contributed by atoms with Crippen LogP contribution in [-0.2, 0) is 4.74 Å². The van der Waals surface area contributed by atoms with Crippen LogP contribution < -0.4 is 5.32 Å². The Bertz CT molecular complexity index is 184. The van der Waals surface area contributed by atoms with Crippen LogP contribution in [0.3, 0.4) is 0 Å². The zero-order valence-corrected chi connectivity index (χ0v) is 10.0. The van der Waals surface area contributed by atoms with E-state index < -0.39 is 0 Å². The zero-order chi connectivity index (χ0) is 11.1. The van der Waals surface area contributed by atoms with Gasteiger partial charge >= 0.3 is 0 Å². The molecule has 0 radical (unpaired) electrons.